The molecule has 0 radical (unpaired) electrons. The van der Waals surface area contributed by atoms with Gasteiger partial charge in [0.1, 0.15) is 18.3 Å². The van der Waals surface area contributed by atoms with Crippen LogP contribution in [-0.4, -0.2) is 51.9 Å². The van der Waals surface area contributed by atoms with Gasteiger partial charge in [-0.1, -0.05) is 77.9 Å². The van der Waals surface area contributed by atoms with Crippen LogP contribution in [0.5, 0.6) is 5.75 Å². The third kappa shape index (κ3) is 7.86. The van der Waals surface area contributed by atoms with E-state index >= 15 is 0 Å². The Morgan fingerprint density at radius 3 is 2.05 bits per heavy atom. The first-order chi connectivity index (χ1) is 21.0. The second kappa shape index (κ2) is 14.5. The van der Waals surface area contributed by atoms with Crippen molar-refractivity contribution >= 4 is 43.5 Å². The molecule has 0 saturated carbocycles. The number of hydrogen-bond acceptors (Lipinski definition) is 5. The monoisotopic (exact) mass is 677 g/mol. The molecule has 0 unspecified atom stereocenters. The molecule has 1 atom stereocenters. The molecule has 1 N–H and O–H groups in total. The zero-order chi connectivity index (χ0) is 31.9. The Morgan fingerprint density at radius 2 is 1.48 bits per heavy atom. The van der Waals surface area contributed by atoms with Gasteiger partial charge in [0.2, 0.25) is 11.8 Å². The van der Waals surface area contributed by atoms with Crippen LogP contribution in [0.15, 0.2) is 106 Å². The molecule has 0 aliphatic heterocycles. The molecule has 10 heteroatoms. The van der Waals surface area contributed by atoms with Gasteiger partial charge in [-0.05, 0) is 71.2 Å². The number of hydrogen-bond donors (Lipinski definition) is 1. The lowest BCUT2D eigenvalue weighted by Crippen LogP contribution is -2.53. The van der Waals surface area contributed by atoms with E-state index in [1.807, 2.05) is 68.4 Å². The molecule has 0 spiro atoms. The number of carbonyl (C=O) groups excluding carboxylic acids is 2. The summed E-state index contributed by atoms with van der Waals surface area (Å²) < 4.78 is 35.2. The quantitative estimate of drug-likeness (QED) is 0.209. The van der Waals surface area contributed by atoms with Crippen molar-refractivity contribution in [1.29, 1.82) is 0 Å². The van der Waals surface area contributed by atoms with Crippen molar-refractivity contribution in [1.82, 2.24) is 10.2 Å². The van der Waals surface area contributed by atoms with Crippen LogP contribution in [-0.2, 0) is 32.6 Å². The molecule has 2 amide bonds. The Morgan fingerprint density at radius 1 is 0.864 bits per heavy atom. The topological polar surface area (TPSA) is 96.0 Å². The van der Waals surface area contributed by atoms with E-state index in [0.717, 1.165) is 26.6 Å². The maximum atomic E-state index is 14.4. The normalized spacial score (nSPS) is 11.8. The summed E-state index contributed by atoms with van der Waals surface area (Å²) in [6.07, 6.45) is 0.251. The number of carbonyl (C=O) groups is 2. The predicted molar refractivity (Wildman–Crippen MR) is 176 cm³/mol. The molecule has 0 aliphatic carbocycles. The molecular formula is C34H36BrN3O5S. The maximum absolute atomic E-state index is 14.4. The van der Waals surface area contributed by atoms with Crippen LogP contribution < -0.4 is 14.4 Å². The second-order valence-electron chi connectivity index (χ2n) is 10.5. The summed E-state index contributed by atoms with van der Waals surface area (Å²) >= 11 is 3.38. The first-order valence-corrected chi connectivity index (χ1v) is 16.3. The molecule has 230 valence electrons. The van der Waals surface area contributed by atoms with Crippen molar-refractivity contribution in [2.75, 3.05) is 25.0 Å². The van der Waals surface area contributed by atoms with Crippen LogP contribution in [0, 0.1) is 13.8 Å². The van der Waals surface area contributed by atoms with Crippen LogP contribution in [0.4, 0.5) is 5.69 Å². The van der Waals surface area contributed by atoms with Crippen molar-refractivity contribution < 1.29 is 22.7 Å². The molecule has 0 fully saturated rings. The van der Waals surface area contributed by atoms with Crippen molar-refractivity contribution in [2.24, 2.45) is 0 Å². The largest absolute Gasteiger partial charge is 0.496 e. The average molecular weight is 679 g/mol. The SMILES string of the molecule is CNC(=O)[C@@H](Cc1ccccc1)N(Cc1ccc(C)cc1)C(=O)CN(c1ccc(C)cc1)S(=O)(=O)c1ccc(OC)c(Br)c1. The number of aryl methyl sites for hydroxylation is 2. The minimum atomic E-state index is -4.23. The molecule has 0 bridgehead atoms. The highest BCUT2D eigenvalue weighted by atomic mass is 79.9. The van der Waals surface area contributed by atoms with E-state index in [9.17, 15) is 18.0 Å². The highest BCUT2D eigenvalue weighted by Gasteiger charge is 2.34. The summed E-state index contributed by atoms with van der Waals surface area (Å²) in [6.45, 7) is 3.45. The fourth-order valence-corrected chi connectivity index (χ4v) is 6.92. The summed E-state index contributed by atoms with van der Waals surface area (Å²) in [6, 6.07) is 27.6. The number of rotatable bonds is 12. The number of methoxy groups -OCH3 is 1. The number of anilines is 1. The van der Waals surface area contributed by atoms with Gasteiger partial charge in [0.25, 0.3) is 10.0 Å². The van der Waals surface area contributed by atoms with Gasteiger partial charge in [-0.2, -0.15) is 0 Å². The maximum Gasteiger partial charge on any atom is 0.264 e. The van der Waals surface area contributed by atoms with Crippen LogP contribution in [0.25, 0.3) is 0 Å². The smallest absolute Gasteiger partial charge is 0.264 e. The summed E-state index contributed by atoms with van der Waals surface area (Å²) in [7, 11) is -1.21. The molecule has 4 aromatic carbocycles. The van der Waals surface area contributed by atoms with E-state index in [1.165, 1.54) is 31.2 Å². The zero-order valence-electron chi connectivity index (χ0n) is 25.2. The summed E-state index contributed by atoms with van der Waals surface area (Å²) in [4.78, 5) is 29.2. The van der Waals surface area contributed by atoms with E-state index in [-0.39, 0.29) is 23.8 Å². The van der Waals surface area contributed by atoms with Crippen LogP contribution in [0.1, 0.15) is 22.3 Å². The third-order valence-electron chi connectivity index (χ3n) is 7.30. The summed E-state index contributed by atoms with van der Waals surface area (Å²) in [5, 5.41) is 2.70. The lowest BCUT2D eigenvalue weighted by atomic mass is 10.0. The lowest BCUT2D eigenvalue weighted by Gasteiger charge is -2.33. The van der Waals surface area contributed by atoms with Gasteiger partial charge in [0.05, 0.1) is 22.2 Å². The van der Waals surface area contributed by atoms with E-state index in [0.29, 0.717) is 15.9 Å². The minimum Gasteiger partial charge on any atom is -0.496 e. The van der Waals surface area contributed by atoms with Crippen LogP contribution >= 0.6 is 15.9 Å². The lowest BCUT2D eigenvalue weighted by molar-refractivity contribution is -0.139. The van der Waals surface area contributed by atoms with Gasteiger partial charge in [-0.15, -0.1) is 0 Å². The zero-order valence-corrected chi connectivity index (χ0v) is 27.6. The fraction of sp³-hybridized carbons (Fsp3) is 0.235. The number of nitrogens with one attached hydrogen (secondary N) is 1. The number of nitrogens with zero attached hydrogens (tertiary/aromatic N) is 2. The van der Waals surface area contributed by atoms with Crippen molar-refractivity contribution in [2.45, 2.75) is 37.8 Å². The number of amides is 2. The Labute approximate surface area is 267 Å². The van der Waals surface area contributed by atoms with Crippen molar-refractivity contribution in [3.63, 3.8) is 0 Å². The first-order valence-electron chi connectivity index (χ1n) is 14.1. The number of sulfonamides is 1. The highest BCUT2D eigenvalue weighted by molar-refractivity contribution is 9.10. The predicted octanol–water partition coefficient (Wildman–Crippen LogP) is 5.66. The number of halogens is 1. The highest BCUT2D eigenvalue weighted by Crippen LogP contribution is 2.31. The molecule has 4 aromatic rings. The number of benzene rings is 4. The molecular weight excluding hydrogens is 642 g/mol. The molecule has 0 saturated heterocycles. The van der Waals surface area contributed by atoms with E-state index < -0.39 is 28.5 Å². The Kier molecular flexibility index (Phi) is 10.8. The van der Waals surface area contributed by atoms with Gasteiger partial charge in [0.15, 0.2) is 0 Å². The molecule has 0 aromatic heterocycles. The number of ether oxygens (including phenoxy) is 1. The van der Waals surface area contributed by atoms with Crippen molar-refractivity contribution in [3.05, 3.63) is 124 Å². The van der Waals surface area contributed by atoms with E-state index in [1.54, 1.807) is 30.3 Å². The summed E-state index contributed by atoms with van der Waals surface area (Å²) in [5.41, 5.74) is 4.00. The minimum absolute atomic E-state index is 0.0178. The van der Waals surface area contributed by atoms with Crippen LogP contribution in [0.3, 0.4) is 0 Å². The van der Waals surface area contributed by atoms with Gasteiger partial charge in [-0.3, -0.25) is 13.9 Å². The Balaban J connectivity index is 1.79. The molecule has 4 rings (SSSR count). The van der Waals surface area contributed by atoms with Gasteiger partial charge in [-0.25, -0.2) is 8.42 Å². The van der Waals surface area contributed by atoms with Crippen LogP contribution in [0.2, 0.25) is 0 Å². The van der Waals surface area contributed by atoms with E-state index in [4.69, 9.17) is 4.74 Å². The Bertz CT molecular complexity index is 1700. The van der Waals surface area contributed by atoms with Gasteiger partial charge < -0.3 is 15.0 Å². The fourth-order valence-electron chi connectivity index (χ4n) is 4.79. The molecule has 44 heavy (non-hydrogen) atoms. The van der Waals surface area contributed by atoms with Crippen molar-refractivity contribution in [3.8, 4) is 5.75 Å². The first kappa shape index (κ1) is 32.8. The standard InChI is InChI=1S/C34H36BrN3O5S/c1-24-10-14-27(15-11-24)22-37(31(34(40)36-3)20-26-8-6-5-7-9-26)33(39)23-38(28-16-12-25(2)13-17-28)44(41,42)29-18-19-32(43-4)30(35)21-29/h5-19,21,31H,20,22-23H2,1-4H3,(H,36,40)/t31-/m1/s1. The summed E-state index contributed by atoms with van der Waals surface area (Å²) in [5.74, 6) is -0.398. The molecule has 0 aliphatic rings. The third-order valence-corrected chi connectivity index (χ3v) is 9.69. The molecule has 8 nitrogen and oxygen atoms in total. The second-order valence-corrected chi connectivity index (χ2v) is 13.2. The van der Waals surface area contributed by atoms with Gasteiger partial charge >= 0.3 is 0 Å². The van der Waals surface area contributed by atoms with Gasteiger partial charge in [0, 0.05) is 20.0 Å². The Hall–Kier alpha value is -4.15. The average Bonchev–Trinajstić information content (AvgIpc) is 3.02. The number of likely N-dealkylation sites (N-methyl/N-ethyl adjacent to an activating group) is 1. The molecule has 0 heterocycles. The van der Waals surface area contributed by atoms with E-state index in [2.05, 4.69) is 21.2 Å².